The minimum atomic E-state index is -0.572. The molecule has 9 heteroatoms. The lowest BCUT2D eigenvalue weighted by Crippen LogP contribution is -2.33. The number of hydrogen-bond acceptors (Lipinski definition) is 7. The number of alkyl carbamates (subject to hydrolysis) is 1. The number of nitrogens with one attached hydrogen (secondary N) is 2. The first kappa shape index (κ1) is 19.7. The fraction of sp³-hybridized carbons (Fsp3) is 0.316. The molecule has 0 spiro atoms. The number of anilines is 1. The summed E-state index contributed by atoms with van der Waals surface area (Å²) in [4.78, 5) is 24.8. The maximum absolute atomic E-state index is 12.2. The molecular formula is C19H19N3O5S. The lowest BCUT2D eigenvalue weighted by atomic mass is 9.94. The van der Waals surface area contributed by atoms with Gasteiger partial charge in [0.15, 0.2) is 0 Å². The molecule has 2 aromatic rings. The molecule has 1 aliphatic carbocycles. The first-order valence-corrected chi connectivity index (χ1v) is 9.53. The van der Waals surface area contributed by atoms with Gasteiger partial charge in [0.2, 0.25) is 5.91 Å². The number of ether oxygens (including phenoxy) is 1. The van der Waals surface area contributed by atoms with E-state index in [0.717, 1.165) is 16.0 Å². The van der Waals surface area contributed by atoms with Crippen LogP contribution in [0.15, 0.2) is 29.1 Å². The third-order valence-electron chi connectivity index (χ3n) is 4.19. The van der Waals surface area contributed by atoms with Crippen molar-refractivity contribution in [2.45, 2.75) is 25.4 Å². The Morgan fingerprint density at radius 3 is 3.07 bits per heavy atom. The number of nitriles is 1. The summed E-state index contributed by atoms with van der Waals surface area (Å²) in [7, 11) is 0. The average molecular weight is 401 g/mol. The summed E-state index contributed by atoms with van der Waals surface area (Å²) in [6.07, 6.45) is 6.83. The zero-order valence-corrected chi connectivity index (χ0v) is 15.8. The first-order valence-electron chi connectivity index (χ1n) is 8.72. The Morgan fingerprint density at radius 2 is 2.36 bits per heavy atom. The van der Waals surface area contributed by atoms with E-state index in [1.807, 2.05) is 0 Å². The summed E-state index contributed by atoms with van der Waals surface area (Å²) in [6, 6.07) is 3.90. The van der Waals surface area contributed by atoms with E-state index in [0.29, 0.717) is 29.8 Å². The van der Waals surface area contributed by atoms with Crippen molar-refractivity contribution in [2.75, 3.05) is 18.5 Å². The molecule has 8 nitrogen and oxygen atoms in total. The SMILES string of the molecule is N#Cc1c(NC(=O)/C=C/c2ccoc2)sc2c1CCC(OC(=O)NCCO)C2. The number of hydrogen-bond donors (Lipinski definition) is 3. The molecular weight excluding hydrogens is 382 g/mol. The van der Waals surface area contributed by atoms with E-state index < -0.39 is 6.09 Å². The van der Waals surface area contributed by atoms with E-state index in [9.17, 15) is 14.9 Å². The van der Waals surface area contributed by atoms with Gasteiger partial charge in [0.05, 0.1) is 24.7 Å². The molecule has 0 saturated heterocycles. The molecule has 146 valence electrons. The van der Waals surface area contributed by atoms with E-state index in [4.69, 9.17) is 14.3 Å². The number of carbonyl (C=O) groups excluding carboxylic acids is 2. The highest BCUT2D eigenvalue weighted by atomic mass is 32.1. The number of carbonyl (C=O) groups is 2. The van der Waals surface area contributed by atoms with Crippen molar-refractivity contribution in [1.29, 1.82) is 5.26 Å². The topological polar surface area (TPSA) is 125 Å². The Hall–Kier alpha value is -3.09. The van der Waals surface area contributed by atoms with Gasteiger partial charge in [-0.15, -0.1) is 11.3 Å². The van der Waals surface area contributed by atoms with Gasteiger partial charge in [-0.1, -0.05) is 0 Å². The summed E-state index contributed by atoms with van der Waals surface area (Å²) < 4.78 is 10.3. The standard InChI is InChI=1S/C19H19N3O5S/c20-10-15-14-3-2-13(27-19(25)21-6-7-23)9-16(14)28-18(15)22-17(24)4-1-12-5-8-26-11-12/h1,4-5,8,11,13,23H,2-3,6-7,9H2,(H,21,25)(H,22,24)/b4-1+. The molecule has 0 bridgehead atoms. The van der Waals surface area contributed by atoms with Gasteiger partial charge in [-0.25, -0.2) is 4.79 Å². The highest BCUT2D eigenvalue weighted by Crippen LogP contribution is 2.38. The van der Waals surface area contributed by atoms with Crippen LogP contribution in [0, 0.1) is 11.3 Å². The Kier molecular flexibility index (Phi) is 6.47. The first-order chi connectivity index (χ1) is 13.6. The second-order valence-corrected chi connectivity index (χ2v) is 7.22. The van der Waals surface area contributed by atoms with Crippen LogP contribution in [-0.2, 0) is 22.4 Å². The van der Waals surface area contributed by atoms with Crippen molar-refractivity contribution in [3.63, 3.8) is 0 Å². The van der Waals surface area contributed by atoms with Crippen molar-refractivity contribution >= 4 is 34.4 Å². The minimum Gasteiger partial charge on any atom is -0.472 e. The quantitative estimate of drug-likeness (QED) is 0.639. The molecule has 1 unspecified atom stereocenters. The van der Waals surface area contributed by atoms with Crippen LogP contribution in [0.4, 0.5) is 9.80 Å². The molecule has 1 atom stereocenters. The van der Waals surface area contributed by atoms with Crippen LogP contribution in [0.1, 0.15) is 28.0 Å². The average Bonchev–Trinajstić information content (AvgIpc) is 3.31. The van der Waals surface area contributed by atoms with E-state index in [1.54, 1.807) is 12.1 Å². The number of fused-ring (bicyclic) bond motifs is 1. The van der Waals surface area contributed by atoms with Gasteiger partial charge in [0.25, 0.3) is 0 Å². The fourth-order valence-corrected chi connectivity index (χ4v) is 4.17. The second kappa shape index (κ2) is 9.21. The van der Waals surface area contributed by atoms with Crippen LogP contribution in [0.2, 0.25) is 0 Å². The lowest BCUT2D eigenvalue weighted by molar-refractivity contribution is -0.111. The van der Waals surface area contributed by atoms with Crippen LogP contribution in [-0.4, -0.2) is 36.4 Å². The molecule has 0 aromatic carbocycles. The van der Waals surface area contributed by atoms with Crippen molar-refractivity contribution in [3.8, 4) is 6.07 Å². The van der Waals surface area contributed by atoms with Crippen molar-refractivity contribution < 1.29 is 23.8 Å². The smallest absolute Gasteiger partial charge is 0.407 e. The van der Waals surface area contributed by atoms with Gasteiger partial charge in [0, 0.05) is 29.5 Å². The number of rotatable bonds is 6. The molecule has 0 fully saturated rings. The van der Waals surface area contributed by atoms with Crippen LogP contribution in [0.5, 0.6) is 0 Å². The molecule has 3 N–H and O–H groups in total. The predicted octanol–water partition coefficient (Wildman–Crippen LogP) is 2.44. The van der Waals surface area contributed by atoms with Crippen LogP contribution in [0.25, 0.3) is 6.08 Å². The lowest BCUT2D eigenvalue weighted by Gasteiger charge is -2.22. The number of amides is 2. The molecule has 0 radical (unpaired) electrons. The highest BCUT2D eigenvalue weighted by molar-refractivity contribution is 7.16. The molecule has 3 rings (SSSR count). The maximum atomic E-state index is 12.2. The van der Waals surface area contributed by atoms with Crippen LogP contribution < -0.4 is 10.6 Å². The third-order valence-corrected chi connectivity index (χ3v) is 5.36. The zero-order chi connectivity index (χ0) is 19.9. The van der Waals surface area contributed by atoms with Gasteiger partial charge in [-0.05, 0) is 30.5 Å². The molecule has 1 aliphatic rings. The normalized spacial score (nSPS) is 15.6. The summed E-state index contributed by atoms with van der Waals surface area (Å²) in [5.74, 6) is -0.340. The largest absolute Gasteiger partial charge is 0.472 e. The maximum Gasteiger partial charge on any atom is 0.407 e. The van der Waals surface area contributed by atoms with Crippen LogP contribution >= 0.6 is 11.3 Å². The van der Waals surface area contributed by atoms with E-state index >= 15 is 0 Å². The van der Waals surface area contributed by atoms with Crippen molar-refractivity contribution in [3.05, 3.63) is 46.2 Å². The van der Waals surface area contributed by atoms with E-state index in [1.165, 1.54) is 29.9 Å². The van der Waals surface area contributed by atoms with Crippen molar-refractivity contribution in [2.24, 2.45) is 0 Å². The monoisotopic (exact) mass is 401 g/mol. The molecule has 0 saturated carbocycles. The number of aliphatic hydroxyl groups is 1. The Balaban J connectivity index is 1.66. The summed E-state index contributed by atoms with van der Waals surface area (Å²) in [5.41, 5.74) is 2.13. The number of aliphatic hydroxyl groups excluding tert-OH is 1. The summed E-state index contributed by atoms with van der Waals surface area (Å²) >= 11 is 1.33. The number of nitrogens with zero attached hydrogens (tertiary/aromatic N) is 1. The fourth-order valence-electron chi connectivity index (χ4n) is 2.91. The van der Waals surface area contributed by atoms with Gasteiger partial charge in [-0.3, -0.25) is 4.79 Å². The van der Waals surface area contributed by atoms with E-state index in [2.05, 4.69) is 16.7 Å². The second-order valence-electron chi connectivity index (χ2n) is 6.12. The third kappa shape index (κ3) is 4.79. The molecule has 2 amide bonds. The molecule has 2 heterocycles. The predicted molar refractivity (Wildman–Crippen MR) is 103 cm³/mol. The molecule has 0 aliphatic heterocycles. The number of furan rings is 1. The Bertz CT molecular complexity index is 911. The summed E-state index contributed by atoms with van der Waals surface area (Å²) in [5, 5.41) is 24.0. The Morgan fingerprint density at radius 1 is 1.50 bits per heavy atom. The van der Waals surface area contributed by atoms with Gasteiger partial charge < -0.3 is 24.9 Å². The van der Waals surface area contributed by atoms with Gasteiger partial charge in [-0.2, -0.15) is 5.26 Å². The van der Waals surface area contributed by atoms with Gasteiger partial charge in [0.1, 0.15) is 17.2 Å². The Labute approximate surface area is 165 Å². The zero-order valence-electron chi connectivity index (χ0n) is 14.9. The van der Waals surface area contributed by atoms with Crippen molar-refractivity contribution in [1.82, 2.24) is 5.32 Å². The summed E-state index contributed by atoms with van der Waals surface area (Å²) in [6.45, 7) is -0.0185. The molecule has 2 aromatic heterocycles. The number of thiophene rings is 1. The highest BCUT2D eigenvalue weighted by Gasteiger charge is 2.28. The van der Waals surface area contributed by atoms with E-state index in [-0.39, 0.29) is 25.2 Å². The molecule has 28 heavy (non-hydrogen) atoms. The van der Waals surface area contributed by atoms with Crippen LogP contribution in [0.3, 0.4) is 0 Å². The van der Waals surface area contributed by atoms with Gasteiger partial charge >= 0.3 is 6.09 Å². The minimum absolute atomic E-state index is 0.136.